The zero-order valence-electron chi connectivity index (χ0n) is 15.5. The molecule has 0 bridgehead atoms. The third-order valence-electron chi connectivity index (χ3n) is 3.97. The van der Waals surface area contributed by atoms with Gasteiger partial charge in [0.25, 0.3) is 11.8 Å². The summed E-state index contributed by atoms with van der Waals surface area (Å²) in [6.07, 6.45) is 3.15. The van der Waals surface area contributed by atoms with Crippen molar-refractivity contribution in [2.24, 2.45) is 0 Å². The van der Waals surface area contributed by atoms with Gasteiger partial charge in [-0.1, -0.05) is 48.5 Å². The van der Waals surface area contributed by atoms with Gasteiger partial charge in [0, 0.05) is 22.9 Å². The minimum absolute atomic E-state index is 0.277. The van der Waals surface area contributed by atoms with Gasteiger partial charge >= 0.3 is 0 Å². The standard InChI is InChI=1S/C23H19N3O3/c27-21(16-11-17-7-3-1-4-8-17)24-20-14-12-19(13-15-20)23(29)26-25-22(28)18-9-5-2-6-10-18/h1-16H,(H,24,27)(H,25,28)(H,26,29)/b16-11+. The second-order valence-corrected chi connectivity index (χ2v) is 6.08. The number of hydrogen-bond donors (Lipinski definition) is 3. The molecule has 0 fully saturated rings. The van der Waals surface area contributed by atoms with E-state index in [0.29, 0.717) is 16.8 Å². The van der Waals surface area contributed by atoms with Gasteiger partial charge in [0.05, 0.1) is 0 Å². The average Bonchev–Trinajstić information content (AvgIpc) is 2.77. The van der Waals surface area contributed by atoms with Crippen LogP contribution in [-0.2, 0) is 4.79 Å². The largest absolute Gasteiger partial charge is 0.323 e. The van der Waals surface area contributed by atoms with Crippen LogP contribution in [0.1, 0.15) is 26.3 Å². The van der Waals surface area contributed by atoms with E-state index in [-0.39, 0.29) is 5.91 Å². The van der Waals surface area contributed by atoms with Crippen molar-refractivity contribution in [3.8, 4) is 0 Å². The number of benzene rings is 3. The Morgan fingerprint density at radius 1 is 0.621 bits per heavy atom. The Hall–Kier alpha value is -4.19. The van der Waals surface area contributed by atoms with Gasteiger partial charge < -0.3 is 5.32 Å². The molecule has 0 atom stereocenters. The lowest BCUT2D eigenvalue weighted by Gasteiger charge is -2.08. The van der Waals surface area contributed by atoms with E-state index in [1.54, 1.807) is 60.7 Å². The second-order valence-electron chi connectivity index (χ2n) is 6.08. The van der Waals surface area contributed by atoms with Crippen molar-refractivity contribution in [1.82, 2.24) is 10.9 Å². The van der Waals surface area contributed by atoms with Crippen LogP contribution in [-0.4, -0.2) is 17.7 Å². The molecule has 0 saturated carbocycles. The SMILES string of the molecule is O=C(/C=C/c1ccccc1)Nc1ccc(C(=O)NNC(=O)c2ccccc2)cc1. The summed E-state index contributed by atoms with van der Waals surface area (Å²) in [5, 5.41) is 2.72. The fourth-order valence-corrected chi connectivity index (χ4v) is 2.47. The maximum Gasteiger partial charge on any atom is 0.269 e. The van der Waals surface area contributed by atoms with Gasteiger partial charge in [-0.05, 0) is 48.0 Å². The number of hydrogen-bond acceptors (Lipinski definition) is 3. The number of nitrogens with one attached hydrogen (secondary N) is 3. The maximum absolute atomic E-state index is 12.1. The highest BCUT2D eigenvalue weighted by molar-refractivity contribution is 6.02. The van der Waals surface area contributed by atoms with Crippen LogP contribution in [0.5, 0.6) is 0 Å². The molecule has 3 aromatic rings. The van der Waals surface area contributed by atoms with Crippen molar-refractivity contribution in [1.29, 1.82) is 0 Å². The first-order valence-electron chi connectivity index (χ1n) is 8.92. The fourth-order valence-electron chi connectivity index (χ4n) is 2.47. The Morgan fingerprint density at radius 2 is 1.14 bits per heavy atom. The van der Waals surface area contributed by atoms with Crippen molar-refractivity contribution >= 4 is 29.5 Å². The van der Waals surface area contributed by atoms with E-state index in [0.717, 1.165) is 5.56 Å². The highest BCUT2D eigenvalue weighted by atomic mass is 16.2. The lowest BCUT2D eigenvalue weighted by atomic mass is 10.2. The summed E-state index contributed by atoms with van der Waals surface area (Å²) in [6, 6.07) is 24.4. The summed E-state index contributed by atoms with van der Waals surface area (Å²) in [5.41, 5.74) is 6.98. The predicted molar refractivity (Wildman–Crippen MR) is 112 cm³/mol. The summed E-state index contributed by atoms with van der Waals surface area (Å²) in [7, 11) is 0. The van der Waals surface area contributed by atoms with Gasteiger partial charge in [0.2, 0.25) is 5.91 Å². The zero-order valence-corrected chi connectivity index (χ0v) is 15.5. The summed E-state index contributed by atoms with van der Waals surface area (Å²) in [6.45, 7) is 0. The molecule has 3 rings (SSSR count). The molecule has 0 aliphatic heterocycles. The third-order valence-corrected chi connectivity index (χ3v) is 3.97. The topological polar surface area (TPSA) is 87.3 Å². The summed E-state index contributed by atoms with van der Waals surface area (Å²) >= 11 is 0. The van der Waals surface area contributed by atoms with E-state index >= 15 is 0 Å². The van der Waals surface area contributed by atoms with Crippen molar-refractivity contribution in [3.05, 3.63) is 108 Å². The molecular formula is C23H19N3O3. The minimum Gasteiger partial charge on any atom is -0.323 e. The van der Waals surface area contributed by atoms with E-state index in [9.17, 15) is 14.4 Å². The molecule has 0 aromatic heterocycles. The number of rotatable bonds is 5. The van der Waals surface area contributed by atoms with Gasteiger partial charge in [-0.2, -0.15) is 0 Å². The molecule has 0 heterocycles. The summed E-state index contributed by atoms with van der Waals surface area (Å²) in [4.78, 5) is 36.1. The Morgan fingerprint density at radius 3 is 1.72 bits per heavy atom. The van der Waals surface area contributed by atoms with Crippen LogP contribution in [0.25, 0.3) is 6.08 Å². The zero-order chi connectivity index (χ0) is 20.5. The van der Waals surface area contributed by atoms with E-state index in [2.05, 4.69) is 16.2 Å². The van der Waals surface area contributed by atoms with Gasteiger partial charge in [0.1, 0.15) is 0 Å². The van der Waals surface area contributed by atoms with Gasteiger partial charge in [-0.3, -0.25) is 25.2 Å². The number of carbonyl (C=O) groups excluding carboxylic acids is 3. The van der Waals surface area contributed by atoms with Crippen LogP contribution < -0.4 is 16.2 Å². The molecule has 0 aliphatic rings. The Balaban J connectivity index is 1.51. The highest BCUT2D eigenvalue weighted by Gasteiger charge is 2.09. The van der Waals surface area contributed by atoms with E-state index in [1.807, 2.05) is 30.3 Å². The summed E-state index contributed by atoms with van der Waals surface area (Å²) in [5.74, 6) is -1.15. The van der Waals surface area contributed by atoms with Gasteiger partial charge in [0.15, 0.2) is 0 Å². The van der Waals surface area contributed by atoms with Crippen LogP contribution in [0.4, 0.5) is 5.69 Å². The molecular weight excluding hydrogens is 366 g/mol. The van der Waals surface area contributed by atoms with Crippen molar-refractivity contribution in [3.63, 3.8) is 0 Å². The maximum atomic E-state index is 12.1. The molecule has 6 heteroatoms. The third kappa shape index (κ3) is 5.90. The number of anilines is 1. The molecule has 3 aromatic carbocycles. The fraction of sp³-hybridized carbons (Fsp3) is 0. The van der Waals surface area contributed by atoms with Crippen molar-refractivity contribution in [2.45, 2.75) is 0 Å². The van der Waals surface area contributed by atoms with Crippen LogP contribution in [0, 0.1) is 0 Å². The average molecular weight is 385 g/mol. The highest BCUT2D eigenvalue weighted by Crippen LogP contribution is 2.10. The molecule has 0 spiro atoms. The van der Waals surface area contributed by atoms with E-state index in [4.69, 9.17) is 0 Å². The Kier molecular flexibility index (Phi) is 6.52. The molecule has 0 unspecified atom stereocenters. The molecule has 3 N–H and O–H groups in total. The lowest BCUT2D eigenvalue weighted by molar-refractivity contribution is -0.111. The molecule has 29 heavy (non-hydrogen) atoms. The minimum atomic E-state index is -0.462. The molecule has 6 nitrogen and oxygen atoms in total. The van der Waals surface area contributed by atoms with E-state index < -0.39 is 11.8 Å². The molecule has 144 valence electrons. The second kappa shape index (κ2) is 9.66. The Labute approximate surface area is 168 Å². The number of hydrazine groups is 1. The van der Waals surface area contributed by atoms with Crippen LogP contribution in [0.2, 0.25) is 0 Å². The molecule has 0 aliphatic carbocycles. The monoisotopic (exact) mass is 385 g/mol. The first kappa shape index (κ1) is 19.6. The van der Waals surface area contributed by atoms with E-state index in [1.165, 1.54) is 6.08 Å². The number of amides is 3. The normalized spacial score (nSPS) is 10.3. The lowest BCUT2D eigenvalue weighted by Crippen LogP contribution is -2.41. The quantitative estimate of drug-likeness (QED) is 0.465. The van der Waals surface area contributed by atoms with Gasteiger partial charge in [-0.15, -0.1) is 0 Å². The smallest absolute Gasteiger partial charge is 0.269 e. The van der Waals surface area contributed by atoms with Gasteiger partial charge in [-0.25, -0.2) is 0 Å². The molecule has 3 amide bonds. The van der Waals surface area contributed by atoms with Crippen LogP contribution >= 0.6 is 0 Å². The van der Waals surface area contributed by atoms with Crippen LogP contribution in [0.3, 0.4) is 0 Å². The van der Waals surface area contributed by atoms with Crippen molar-refractivity contribution in [2.75, 3.05) is 5.32 Å². The predicted octanol–water partition coefficient (Wildman–Crippen LogP) is 3.41. The first-order valence-corrected chi connectivity index (χ1v) is 8.92. The first-order chi connectivity index (χ1) is 14.1. The summed E-state index contributed by atoms with van der Waals surface area (Å²) < 4.78 is 0. The van der Waals surface area contributed by atoms with Crippen molar-refractivity contribution < 1.29 is 14.4 Å². The number of carbonyl (C=O) groups is 3. The Bertz CT molecular complexity index is 1010. The molecule has 0 saturated heterocycles. The van der Waals surface area contributed by atoms with Crippen LogP contribution in [0.15, 0.2) is 91.0 Å². The molecule has 0 radical (unpaired) electrons.